The highest BCUT2D eigenvalue weighted by Gasteiger charge is 2.31. The standard InChI is InChI=1S/C20H15Br/c1-13-18(21)12-11-17-15-9-5-6-10-16(15)20(19(13)17)14-7-3-2-4-8-14/h2-12,20H,1H3. The third-order valence-corrected chi connectivity index (χ3v) is 5.29. The molecule has 1 aliphatic rings. The lowest BCUT2D eigenvalue weighted by molar-refractivity contribution is 0.997. The van der Waals surface area contributed by atoms with Crippen LogP contribution < -0.4 is 0 Å². The zero-order chi connectivity index (χ0) is 14.4. The molecule has 0 aromatic heterocycles. The average Bonchev–Trinajstić information content (AvgIpc) is 2.87. The molecule has 0 fully saturated rings. The molecule has 0 saturated carbocycles. The van der Waals surface area contributed by atoms with Gasteiger partial charge >= 0.3 is 0 Å². The van der Waals surface area contributed by atoms with Crippen molar-refractivity contribution in [3.63, 3.8) is 0 Å². The lowest BCUT2D eigenvalue weighted by Crippen LogP contribution is -2.01. The smallest absolute Gasteiger partial charge is 0.0355 e. The minimum absolute atomic E-state index is 0.342. The van der Waals surface area contributed by atoms with Crippen LogP contribution in [0, 0.1) is 6.92 Å². The third-order valence-electron chi connectivity index (χ3n) is 4.43. The van der Waals surface area contributed by atoms with E-state index in [1.807, 2.05) is 0 Å². The first-order valence-electron chi connectivity index (χ1n) is 7.20. The lowest BCUT2D eigenvalue weighted by Gasteiger charge is -2.17. The van der Waals surface area contributed by atoms with Gasteiger partial charge in [-0.3, -0.25) is 0 Å². The van der Waals surface area contributed by atoms with Crippen LogP contribution in [0.15, 0.2) is 71.2 Å². The molecule has 1 unspecified atom stereocenters. The van der Waals surface area contributed by atoms with E-state index in [1.165, 1.54) is 37.9 Å². The molecule has 21 heavy (non-hydrogen) atoms. The van der Waals surface area contributed by atoms with Gasteiger partial charge in [-0.1, -0.05) is 76.6 Å². The van der Waals surface area contributed by atoms with Gasteiger partial charge in [-0.05, 0) is 46.4 Å². The molecule has 0 spiro atoms. The van der Waals surface area contributed by atoms with Crippen molar-refractivity contribution in [3.8, 4) is 11.1 Å². The first kappa shape index (κ1) is 12.8. The zero-order valence-corrected chi connectivity index (χ0v) is 13.4. The highest BCUT2D eigenvalue weighted by molar-refractivity contribution is 9.10. The summed E-state index contributed by atoms with van der Waals surface area (Å²) in [7, 11) is 0. The van der Waals surface area contributed by atoms with Gasteiger partial charge in [-0.15, -0.1) is 0 Å². The van der Waals surface area contributed by atoms with E-state index in [9.17, 15) is 0 Å². The second kappa shape index (κ2) is 4.85. The van der Waals surface area contributed by atoms with Gasteiger partial charge in [0.05, 0.1) is 0 Å². The summed E-state index contributed by atoms with van der Waals surface area (Å²) in [5.74, 6) is 0.342. The van der Waals surface area contributed by atoms with Crippen molar-refractivity contribution >= 4 is 15.9 Å². The van der Waals surface area contributed by atoms with Gasteiger partial charge in [0.15, 0.2) is 0 Å². The Bertz CT molecular complexity index is 818. The summed E-state index contributed by atoms with van der Waals surface area (Å²) in [4.78, 5) is 0. The first-order valence-corrected chi connectivity index (χ1v) is 8.00. The molecule has 1 aliphatic carbocycles. The van der Waals surface area contributed by atoms with Crippen molar-refractivity contribution in [2.75, 3.05) is 0 Å². The molecular formula is C20H15Br. The SMILES string of the molecule is Cc1c(Br)ccc2c1C(c1ccccc1)c1ccccc1-2. The van der Waals surface area contributed by atoms with Gasteiger partial charge in [0.25, 0.3) is 0 Å². The molecule has 3 aromatic rings. The molecule has 1 heteroatoms. The Morgan fingerprint density at radius 1 is 0.762 bits per heavy atom. The van der Waals surface area contributed by atoms with Crippen LogP contribution in [0.3, 0.4) is 0 Å². The molecule has 0 bridgehead atoms. The number of hydrogen-bond donors (Lipinski definition) is 0. The fourth-order valence-corrected chi connectivity index (χ4v) is 3.80. The van der Waals surface area contributed by atoms with Gasteiger partial charge in [-0.25, -0.2) is 0 Å². The van der Waals surface area contributed by atoms with Crippen molar-refractivity contribution in [1.82, 2.24) is 0 Å². The number of benzene rings is 3. The van der Waals surface area contributed by atoms with Crippen LogP contribution in [0.5, 0.6) is 0 Å². The van der Waals surface area contributed by atoms with Crippen LogP contribution >= 0.6 is 15.9 Å². The molecule has 0 aliphatic heterocycles. The maximum Gasteiger partial charge on any atom is 0.0355 e. The normalized spacial score (nSPS) is 15.6. The fourth-order valence-electron chi connectivity index (χ4n) is 3.45. The molecule has 0 heterocycles. The molecule has 1 atom stereocenters. The molecule has 3 aromatic carbocycles. The molecule has 0 saturated heterocycles. The Morgan fingerprint density at radius 2 is 1.48 bits per heavy atom. The number of fused-ring (bicyclic) bond motifs is 3. The molecule has 4 rings (SSSR count). The Morgan fingerprint density at radius 3 is 2.29 bits per heavy atom. The number of rotatable bonds is 1. The second-order valence-corrected chi connectivity index (χ2v) is 6.42. The first-order chi connectivity index (χ1) is 10.3. The van der Waals surface area contributed by atoms with Crippen LogP contribution in [0.4, 0.5) is 0 Å². The van der Waals surface area contributed by atoms with E-state index in [-0.39, 0.29) is 0 Å². The van der Waals surface area contributed by atoms with E-state index in [4.69, 9.17) is 0 Å². The molecule has 0 radical (unpaired) electrons. The van der Waals surface area contributed by atoms with E-state index >= 15 is 0 Å². The number of halogens is 1. The summed E-state index contributed by atoms with van der Waals surface area (Å²) in [6, 6.07) is 24.0. The Labute approximate surface area is 133 Å². The van der Waals surface area contributed by atoms with Gasteiger partial charge in [0, 0.05) is 10.4 Å². The van der Waals surface area contributed by atoms with E-state index in [0.29, 0.717) is 5.92 Å². The Hall–Kier alpha value is -1.86. The van der Waals surface area contributed by atoms with Crippen LogP contribution in [0.25, 0.3) is 11.1 Å². The van der Waals surface area contributed by atoms with Crippen LogP contribution in [0.2, 0.25) is 0 Å². The third kappa shape index (κ3) is 1.88. The van der Waals surface area contributed by atoms with Crippen LogP contribution in [-0.2, 0) is 0 Å². The van der Waals surface area contributed by atoms with Crippen molar-refractivity contribution in [2.45, 2.75) is 12.8 Å². The summed E-state index contributed by atoms with van der Waals surface area (Å²) >= 11 is 3.69. The van der Waals surface area contributed by atoms with Crippen molar-refractivity contribution in [3.05, 3.63) is 93.5 Å². The van der Waals surface area contributed by atoms with E-state index in [0.717, 1.165) is 0 Å². The monoisotopic (exact) mass is 334 g/mol. The predicted molar refractivity (Wildman–Crippen MR) is 91.7 cm³/mol. The van der Waals surface area contributed by atoms with Crippen LogP contribution in [0.1, 0.15) is 28.2 Å². The Balaban J connectivity index is 2.06. The summed E-state index contributed by atoms with van der Waals surface area (Å²) < 4.78 is 1.19. The fraction of sp³-hybridized carbons (Fsp3) is 0.100. The van der Waals surface area contributed by atoms with Crippen LogP contribution in [-0.4, -0.2) is 0 Å². The van der Waals surface area contributed by atoms with E-state index < -0.39 is 0 Å². The maximum absolute atomic E-state index is 3.69. The van der Waals surface area contributed by atoms with Gasteiger partial charge < -0.3 is 0 Å². The predicted octanol–water partition coefficient (Wildman–Crippen LogP) is 5.92. The van der Waals surface area contributed by atoms with Gasteiger partial charge in [-0.2, -0.15) is 0 Å². The minimum atomic E-state index is 0.342. The van der Waals surface area contributed by atoms with Gasteiger partial charge in [0.1, 0.15) is 0 Å². The number of hydrogen-bond acceptors (Lipinski definition) is 0. The topological polar surface area (TPSA) is 0 Å². The highest BCUT2D eigenvalue weighted by Crippen LogP contribution is 2.50. The largest absolute Gasteiger partial charge is 0.0622 e. The highest BCUT2D eigenvalue weighted by atomic mass is 79.9. The van der Waals surface area contributed by atoms with Crippen molar-refractivity contribution < 1.29 is 0 Å². The van der Waals surface area contributed by atoms with E-state index in [1.54, 1.807) is 0 Å². The summed E-state index contributed by atoms with van der Waals surface area (Å²) in [5.41, 5.74) is 8.32. The minimum Gasteiger partial charge on any atom is -0.0622 e. The van der Waals surface area contributed by atoms with Crippen molar-refractivity contribution in [2.24, 2.45) is 0 Å². The molecular weight excluding hydrogens is 320 g/mol. The van der Waals surface area contributed by atoms with Crippen molar-refractivity contribution in [1.29, 1.82) is 0 Å². The van der Waals surface area contributed by atoms with Gasteiger partial charge in [0.2, 0.25) is 0 Å². The summed E-state index contributed by atoms with van der Waals surface area (Å²) in [6.45, 7) is 2.21. The maximum atomic E-state index is 3.69. The van der Waals surface area contributed by atoms with E-state index in [2.05, 4.69) is 89.6 Å². The lowest BCUT2D eigenvalue weighted by atomic mass is 9.87. The zero-order valence-electron chi connectivity index (χ0n) is 11.8. The molecule has 102 valence electrons. The molecule has 0 amide bonds. The quantitative estimate of drug-likeness (QED) is 0.405. The summed E-state index contributed by atoms with van der Waals surface area (Å²) in [6.07, 6.45) is 0. The molecule has 0 nitrogen and oxygen atoms in total. The Kier molecular flexibility index (Phi) is 2.97. The molecule has 0 N–H and O–H groups in total. The summed E-state index contributed by atoms with van der Waals surface area (Å²) in [5, 5.41) is 0. The average molecular weight is 335 g/mol. The second-order valence-electron chi connectivity index (χ2n) is 5.56.